The summed E-state index contributed by atoms with van der Waals surface area (Å²) < 4.78 is 2.50. The van der Waals surface area contributed by atoms with Crippen molar-refractivity contribution in [3.05, 3.63) is 56.2 Å². The van der Waals surface area contributed by atoms with Crippen molar-refractivity contribution in [2.24, 2.45) is 14.1 Å². The highest BCUT2D eigenvalue weighted by Gasteiger charge is 2.04. The zero-order valence-electron chi connectivity index (χ0n) is 12.6. The van der Waals surface area contributed by atoms with Crippen molar-refractivity contribution in [3.63, 3.8) is 0 Å². The summed E-state index contributed by atoms with van der Waals surface area (Å²) in [5, 5.41) is 7.08. The lowest BCUT2D eigenvalue weighted by molar-refractivity contribution is 0.687. The Morgan fingerprint density at radius 2 is 1.64 bits per heavy atom. The largest absolute Gasteiger partial charge is 0.385 e. The minimum Gasteiger partial charge on any atom is -0.385 e. The van der Waals surface area contributed by atoms with Gasteiger partial charge in [0.1, 0.15) is 5.82 Å². The van der Waals surface area contributed by atoms with Crippen molar-refractivity contribution in [2.45, 2.75) is 6.42 Å². The van der Waals surface area contributed by atoms with E-state index in [0.717, 1.165) is 23.2 Å². The number of benzene rings is 1. The average molecular weight is 323 g/mol. The van der Waals surface area contributed by atoms with Crippen molar-refractivity contribution >= 4 is 23.1 Å². The van der Waals surface area contributed by atoms with Crippen LogP contribution in [0.2, 0.25) is 5.02 Å². The molecule has 0 spiro atoms. The van der Waals surface area contributed by atoms with Crippen LogP contribution in [0.5, 0.6) is 0 Å². The molecule has 0 fully saturated rings. The maximum atomic E-state index is 11.8. The van der Waals surface area contributed by atoms with Crippen LogP contribution >= 0.6 is 11.6 Å². The second kappa shape index (κ2) is 7.17. The normalized spacial score (nSPS) is 10.5. The second-order valence-electron chi connectivity index (χ2n) is 4.98. The molecule has 0 saturated heterocycles. The minimum absolute atomic E-state index is 0.315. The summed E-state index contributed by atoms with van der Waals surface area (Å²) in [5.41, 5.74) is 0.351. The van der Waals surface area contributed by atoms with Gasteiger partial charge in [0, 0.05) is 44.0 Å². The fourth-order valence-electron chi connectivity index (χ4n) is 2.01. The quantitative estimate of drug-likeness (QED) is 0.794. The lowest BCUT2D eigenvalue weighted by Gasteiger charge is -2.12. The molecule has 22 heavy (non-hydrogen) atoms. The van der Waals surface area contributed by atoms with Gasteiger partial charge in [0.15, 0.2) is 0 Å². The minimum atomic E-state index is -0.339. The fraction of sp³-hybridized carbons (Fsp3) is 0.333. The monoisotopic (exact) mass is 322 g/mol. The lowest BCUT2D eigenvalue weighted by atomic mass is 10.3. The molecule has 1 aromatic carbocycles. The average Bonchev–Trinajstić information content (AvgIpc) is 2.51. The lowest BCUT2D eigenvalue weighted by Crippen LogP contribution is -2.37. The van der Waals surface area contributed by atoms with Crippen LogP contribution in [-0.4, -0.2) is 22.2 Å². The summed E-state index contributed by atoms with van der Waals surface area (Å²) in [7, 11) is 3.10. The third-order valence-electron chi connectivity index (χ3n) is 3.36. The molecule has 0 bridgehead atoms. The Labute approximate surface area is 133 Å². The molecule has 1 heterocycles. The van der Waals surface area contributed by atoms with Gasteiger partial charge in [0.05, 0.1) is 0 Å². The standard InChI is InChI=1S/C15H19ClN4O2/c1-19-13(10-14(21)20(2)15(19)22)18-9-3-8-17-12-6-4-11(16)5-7-12/h4-7,10,17-18H,3,8-9H2,1-2H3. The number of halogens is 1. The van der Waals surface area contributed by atoms with Gasteiger partial charge >= 0.3 is 5.69 Å². The number of rotatable bonds is 6. The molecule has 118 valence electrons. The topological polar surface area (TPSA) is 68.1 Å². The number of aromatic nitrogens is 2. The van der Waals surface area contributed by atoms with Crippen molar-refractivity contribution in [1.29, 1.82) is 0 Å². The van der Waals surface area contributed by atoms with E-state index in [1.54, 1.807) is 7.05 Å². The molecule has 7 heteroatoms. The van der Waals surface area contributed by atoms with E-state index < -0.39 is 0 Å². The molecule has 0 amide bonds. The van der Waals surface area contributed by atoms with E-state index >= 15 is 0 Å². The fourth-order valence-corrected chi connectivity index (χ4v) is 2.13. The number of hydrogen-bond donors (Lipinski definition) is 2. The molecule has 2 aromatic rings. The van der Waals surface area contributed by atoms with E-state index in [0.29, 0.717) is 17.4 Å². The third kappa shape index (κ3) is 3.92. The maximum Gasteiger partial charge on any atom is 0.332 e. The van der Waals surface area contributed by atoms with Gasteiger partial charge in [-0.15, -0.1) is 0 Å². The van der Waals surface area contributed by atoms with E-state index in [9.17, 15) is 9.59 Å². The van der Waals surface area contributed by atoms with Gasteiger partial charge in [-0.25, -0.2) is 4.79 Å². The summed E-state index contributed by atoms with van der Waals surface area (Å²) in [6, 6.07) is 8.92. The van der Waals surface area contributed by atoms with Crippen LogP contribution in [0, 0.1) is 0 Å². The van der Waals surface area contributed by atoms with Crippen LogP contribution < -0.4 is 21.9 Å². The van der Waals surface area contributed by atoms with Gasteiger partial charge in [-0.05, 0) is 30.7 Å². The Bertz CT molecular complexity index is 750. The summed E-state index contributed by atoms with van der Waals surface area (Å²) >= 11 is 5.82. The van der Waals surface area contributed by atoms with Gasteiger partial charge in [-0.3, -0.25) is 13.9 Å². The van der Waals surface area contributed by atoms with Crippen molar-refractivity contribution in [1.82, 2.24) is 9.13 Å². The molecule has 2 rings (SSSR count). The highest BCUT2D eigenvalue weighted by molar-refractivity contribution is 6.30. The van der Waals surface area contributed by atoms with E-state index in [-0.39, 0.29) is 11.2 Å². The molecule has 2 N–H and O–H groups in total. The molecule has 0 atom stereocenters. The molecule has 6 nitrogen and oxygen atoms in total. The first-order chi connectivity index (χ1) is 10.5. The van der Waals surface area contributed by atoms with Crippen LogP contribution in [0.3, 0.4) is 0 Å². The first-order valence-corrected chi connectivity index (χ1v) is 7.37. The van der Waals surface area contributed by atoms with Crippen LogP contribution in [0.15, 0.2) is 39.9 Å². The molecular formula is C15H19ClN4O2. The highest BCUT2D eigenvalue weighted by atomic mass is 35.5. The van der Waals surface area contributed by atoms with E-state index in [1.165, 1.54) is 17.7 Å². The van der Waals surface area contributed by atoms with Gasteiger partial charge in [0.25, 0.3) is 5.56 Å². The molecule has 0 aliphatic rings. The zero-order valence-corrected chi connectivity index (χ0v) is 13.4. The van der Waals surface area contributed by atoms with Gasteiger partial charge in [0.2, 0.25) is 0 Å². The Morgan fingerprint density at radius 1 is 1.00 bits per heavy atom. The Kier molecular flexibility index (Phi) is 5.27. The summed E-state index contributed by atoms with van der Waals surface area (Å²) in [6.07, 6.45) is 0.839. The van der Waals surface area contributed by atoms with E-state index in [2.05, 4.69) is 10.6 Å². The summed E-state index contributed by atoms with van der Waals surface area (Å²) in [5.74, 6) is 0.527. The van der Waals surface area contributed by atoms with Crippen molar-refractivity contribution in [2.75, 3.05) is 23.7 Å². The third-order valence-corrected chi connectivity index (χ3v) is 3.61. The smallest absolute Gasteiger partial charge is 0.332 e. The molecular weight excluding hydrogens is 304 g/mol. The van der Waals surface area contributed by atoms with Crippen molar-refractivity contribution in [3.8, 4) is 0 Å². The number of anilines is 2. The van der Waals surface area contributed by atoms with Crippen LogP contribution in [0.25, 0.3) is 0 Å². The maximum absolute atomic E-state index is 11.8. The van der Waals surface area contributed by atoms with Crippen LogP contribution in [0.4, 0.5) is 11.5 Å². The van der Waals surface area contributed by atoms with Gasteiger partial charge in [-0.1, -0.05) is 11.6 Å². The molecule has 0 aliphatic heterocycles. The molecule has 0 radical (unpaired) electrons. The summed E-state index contributed by atoms with van der Waals surface area (Å²) in [4.78, 5) is 23.4. The molecule has 0 saturated carbocycles. The Hall–Kier alpha value is -2.21. The highest BCUT2D eigenvalue weighted by Crippen LogP contribution is 2.13. The SMILES string of the molecule is Cn1c(NCCCNc2ccc(Cl)cc2)cc(=O)n(C)c1=O. The molecule has 1 aromatic heterocycles. The van der Waals surface area contributed by atoms with Crippen molar-refractivity contribution < 1.29 is 0 Å². The predicted octanol–water partition coefficient (Wildman–Crippen LogP) is 1.65. The van der Waals surface area contributed by atoms with Crippen LogP contribution in [0.1, 0.15) is 6.42 Å². The van der Waals surface area contributed by atoms with Crippen LogP contribution in [-0.2, 0) is 14.1 Å². The Balaban J connectivity index is 1.83. The zero-order chi connectivity index (χ0) is 16.1. The molecule has 0 unspecified atom stereocenters. The first-order valence-electron chi connectivity index (χ1n) is 6.99. The van der Waals surface area contributed by atoms with E-state index in [1.807, 2.05) is 24.3 Å². The Morgan fingerprint density at radius 3 is 2.32 bits per heavy atom. The molecule has 0 aliphatic carbocycles. The number of nitrogens with one attached hydrogen (secondary N) is 2. The number of nitrogens with zero attached hydrogens (tertiary/aromatic N) is 2. The van der Waals surface area contributed by atoms with Gasteiger partial charge < -0.3 is 10.6 Å². The predicted molar refractivity (Wildman–Crippen MR) is 90.0 cm³/mol. The second-order valence-corrected chi connectivity index (χ2v) is 5.42. The summed E-state index contributed by atoms with van der Waals surface area (Å²) in [6.45, 7) is 1.43. The van der Waals surface area contributed by atoms with Gasteiger partial charge in [-0.2, -0.15) is 0 Å². The van der Waals surface area contributed by atoms with E-state index in [4.69, 9.17) is 11.6 Å². The first kappa shape index (κ1) is 16.2. The number of hydrogen-bond acceptors (Lipinski definition) is 4.